The summed E-state index contributed by atoms with van der Waals surface area (Å²) in [5.74, 6) is 1.31. The molecular weight excluding hydrogens is 306 g/mol. The minimum Gasteiger partial charge on any atom is -0.490 e. The van der Waals surface area contributed by atoms with Crippen molar-refractivity contribution in [3.8, 4) is 11.6 Å². The molecule has 0 saturated heterocycles. The predicted molar refractivity (Wildman–Crippen MR) is 92.2 cm³/mol. The predicted octanol–water partition coefficient (Wildman–Crippen LogP) is 2.69. The van der Waals surface area contributed by atoms with Gasteiger partial charge in [0.1, 0.15) is 24.5 Å². The van der Waals surface area contributed by atoms with Gasteiger partial charge in [0, 0.05) is 0 Å². The highest BCUT2D eigenvalue weighted by molar-refractivity contribution is 5.76. The van der Waals surface area contributed by atoms with Gasteiger partial charge < -0.3 is 20.2 Å². The molecule has 24 heavy (non-hydrogen) atoms. The molecular formula is C17H21N5O2. The van der Waals surface area contributed by atoms with Crippen LogP contribution in [-0.4, -0.2) is 33.1 Å². The molecule has 1 aromatic carbocycles. The highest BCUT2D eigenvalue weighted by Crippen LogP contribution is 2.24. The summed E-state index contributed by atoms with van der Waals surface area (Å²) in [5, 5.41) is 0. The van der Waals surface area contributed by atoms with Crippen molar-refractivity contribution in [1.29, 1.82) is 0 Å². The van der Waals surface area contributed by atoms with E-state index in [9.17, 15) is 0 Å². The van der Waals surface area contributed by atoms with E-state index in [1.807, 2.05) is 12.1 Å². The van der Waals surface area contributed by atoms with E-state index in [0.717, 1.165) is 5.75 Å². The van der Waals surface area contributed by atoms with Gasteiger partial charge in [-0.2, -0.15) is 9.97 Å². The molecule has 0 radical (unpaired) electrons. The lowest BCUT2D eigenvalue weighted by Gasteiger charge is -2.19. The molecule has 7 nitrogen and oxygen atoms in total. The third kappa shape index (κ3) is 3.56. The third-order valence-electron chi connectivity index (χ3n) is 3.58. The van der Waals surface area contributed by atoms with Gasteiger partial charge in [0.2, 0.25) is 11.8 Å². The number of benzene rings is 1. The van der Waals surface area contributed by atoms with Crippen molar-refractivity contribution in [3.63, 3.8) is 0 Å². The Morgan fingerprint density at radius 3 is 2.46 bits per heavy atom. The van der Waals surface area contributed by atoms with Crippen LogP contribution >= 0.6 is 0 Å². The lowest BCUT2D eigenvalue weighted by molar-refractivity contribution is 0.213. The number of H-pyrrole nitrogens is 1. The summed E-state index contributed by atoms with van der Waals surface area (Å²) in [6, 6.07) is 8.09. The smallest absolute Gasteiger partial charge is 0.245 e. The maximum atomic E-state index is 5.69. The first kappa shape index (κ1) is 16.0. The average Bonchev–Trinajstić information content (AvgIpc) is 2.99. The van der Waals surface area contributed by atoms with Gasteiger partial charge in [0.15, 0.2) is 5.65 Å². The zero-order valence-corrected chi connectivity index (χ0v) is 14.0. The maximum Gasteiger partial charge on any atom is 0.245 e. The Morgan fingerprint density at radius 2 is 1.75 bits per heavy atom. The largest absolute Gasteiger partial charge is 0.490 e. The minimum atomic E-state index is 0.128. The number of nitrogens with zero attached hydrogens (tertiary/aromatic N) is 3. The van der Waals surface area contributed by atoms with Gasteiger partial charge in [-0.25, -0.2) is 4.98 Å². The van der Waals surface area contributed by atoms with Gasteiger partial charge in [-0.15, -0.1) is 0 Å². The van der Waals surface area contributed by atoms with E-state index in [-0.39, 0.29) is 11.4 Å². The standard InChI is InChI=1S/C17H21N5O2/c1-17(2,3)11-4-6-12(7-5-11)23-8-9-24-15-13-14(20-10-19-13)21-16(18)22-15/h4-7,10H,8-9H2,1-3H3,(H3,18,19,20,21,22). The molecule has 3 rings (SSSR count). The number of anilines is 1. The summed E-state index contributed by atoms with van der Waals surface area (Å²) < 4.78 is 11.3. The van der Waals surface area contributed by atoms with E-state index in [0.29, 0.717) is 30.3 Å². The van der Waals surface area contributed by atoms with Crippen LogP contribution < -0.4 is 15.2 Å². The molecule has 0 aliphatic rings. The maximum absolute atomic E-state index is 5.69. The van der Waals surface area contributed by atoms with Crippen molar-refractivity contribution in [2.75, 3.05) is 18.9 Å². The number of ether oxygens (including phenoxy) is 2. The van der Waals surface area contributed by atoms with Crippen LogP contribution in [0.15, 0.2) is 30.6 Å². The van der Waals surface area contributed by atoms with E-state index in [2.05, 4.69) is 52.8 Å². The lowest BCUT2D eigenvalue weighted by atomic mass is 9.87. The fraction of sp³-hybridized carbons (Fsp3) is 0.353. The summed E-state index contributed by atoms with van der Waals surface area (Å²) in [6.45, 7) is 7.28. The molecule has 2 aromatic heterocycles. The van der Waals surface area contributed by atoms with E-state index in [1.54, 1.807) is 0 Å². The van der Waals surface area contributed by atoms with Crippen molar-refractivity contribution < 1.29 is 9.47 Å². The Kier molecular flexibility index (Phi) is 4.24. The zero-order valence-electron chi connectivity index (χ0n) is 14.0. The first-order valence-electron chi connectivity index (χ1n) is 7.76. The third-order valence-corrected chi connectivity index (χ3v) is 3.58. The summed E-state index contributed by atoms with van der Waals surface area (Å²) in [4.78, 5) is 15.1. The lowest BCUT2D eigenvalue weighted by Crippen LogP contribution is -2.12. The van der Waals surface area contributed by atoms with E-state index in [1.165, 1.54) is 11.9 Å². The average molecular weight is 327 g/mol. The van der Waals surface area contributed by atoms with Crippen LogP contribution in [-0.2, 0) is 5.41 Å². The fourth-order valence-electron chi connectivity index (χ4n) is 2.28. The van der Waals surface area contributed by atoms with Gasteiger partial charge >= 0.3 is 0 Å². The highest BCUT2D eigenvalue weighted by atomic mass is 16.5. The second kappa shape index (κ2) is 6.35. The van der Waals surface area contributed by atoms with E-state index >= 15 is 0 Å². The zero-order chi connectivity index (χ0) is 17.2. The molecule has 0 unspecified atom stereocenters. The number of hydrogen-bond donors (Lipinski definition) is 2. The monoisotopic (exact) mass is 327 g/mol. The number of hydrogen-bond acceptors (Lipinski definition) is 6. The molecule has 0 aliphatic heterocycles. The van der Waals surface area contributed by atoms with Gasteiger partial charge in [-0.3, -0.25) is 0 Å². The molecule has 3 N–H and O–H groups in total. The molecule has 0 aliphatic carbocycles. The Balaban J connectivity index is 1.56. The molecule has 3 aromatic rings. The first-order chi connectivity index (χ1) is 11.4. The van der Waals surface area contributed by atoms with Crippen molar-refractivity contribution >= 4 is 17.1 Å². The molecule has 0 bridgehead atoms. The number of fused-ring (bicyclic) bond motifs is 1. The van der Waals surface area contributed by atoms with Gasteiger partial charge in [0.05, 0.1) is 6.33 Å². The van der Waals surface area contributed by atoms with Crippen LogP contribution in [0.1, 0.15) is 26.3 Å². The Morgan fingerprint density at radius 1 is 1.04 bits per heavy atom. The van der Waals surface area contributed by atoms with Crippen molar-refractivity contribution in [3.05, 3.63) is 36.2 Å². The molecule has 2 heterocycles. The molecule has 0 amide bonds. The number of rotatable bonds is 5. The molecule has 126 valence electrons. The van der Waals surface area contributed by atoms with Crippen molar-refractivity contribution in [1.82, 2.24) is 19.9 Å². The highest BCUT2D eigenvalue weighted by Gasteiger charge is 2.13. The Hall–Kier alpha value is -2.83. The first-order valence-corrected chi connectivity index (χ1v) is 7.76. The van der Waals surface area contributed by atoms with Crippen LogP contribution in [0.25, 0.3) is 11.2 Å². The van der Waals surface area contributed by atoms with Gasteiger partial charge in [-0.05, 0) is 23.1 Å². The molecule has 0 spiro atoms. The molecule has 0 fully saturated rings. The summed E-state index contributed by atoms with van der Waals surface area (Å²) in [7, 11) is 0. The number of nitrogens with two attached hydrogens (primary N) is 1. The quantitative estimate of drug-likeness (QED) is 0.699. The summed E-state index contributed by atoms with van der Waals surface area (Å²) in [5.41, 5.74) is 8.14. The Bertz CT molecular complexity index is 821. The van der Waals surface area contributed by atoms with Gasteiger partial charge in [-0.1, -0.05) is 32.9 Å². The second-order valence-electron chi connectivity index (χ2n) is 6.46. The topological polar surface area (TPSA) is 98.9 Å². The van der Waals surface area contributed by atoms with Crippen LogP contribution in [0, 0.1) is 0 Å². The SMILES string of the molecule is CC(C)(C)c1ccc(OCCOc2nc(N)nc3nc[nH]c23)cc1. The summed E-state index contributed by atoms with van der Waals surface area (Å²) >= 11 is 0. The summed E-state index contributed by atoms with van der Waals surface area (Å²) in [6.07, 6.45) is 1.53. The number of aromatic amines is 1. The minimum absolute atomic E-state index is 0.128. The van der Waals surface area contributed by atoms with Crippen LogP contribution in [0.4, 0.5) is 5.95 Å². The van der Waals surface area contributed by atoms with E-state index in [4.69, 9.17) is 15.2 Å². The van der Waals surface area contributed by atoms with Crippen LogP contribution in [0.2, 0.25) is 0 Å². The Labute approximate surface area is 140 Å². The number of aromatic nitrogens is 4. The number of nitrogens with one attached hydrogen (secondary N) is 1. The molecule has 7 heteroatoms. The second-order valence-corrected chi connectivity index (χ2v) is 6.46. The van der Waals surface area contributed by atoms with Crippen LogP contribution in [0.5, 0.6) is 11.6 Å². The van der Waals surface area contributed by atoms with Gasteiger partial charge in [0.25, 0.3) is 0 Å². The number of nitrogen functional groups attached to an aromatic ring is 1. The normalized spacial score (nSPS) is 11.6. The van der Waals surface area contributed by atoms with E-state index < -0.39 is 0 Å². The molecule has 0 saturated carbocycles. The fourth-order valence-corrected chi connectivity index (χ4v) is 2.28. The van der Waals surface area contributed by atoms with Crippen LogP contribution in [0.3, 0.4) is 0 Å². The number of imidazole rings is 1. The van der Waals surface area contributed by atoms with Crippen molar-refractivity contribution in [2.45, 2.75) is 26.2 Å². The van der Waals surface area contributed by atoms with Crippen molar-refractivity contribution in [2.24, 2.45) is 0 Å². The molecule has 0 atom stereocenters.